The standard InChI is InChI=1S/C24H19N3O3/c1-30-22(28)13-12-18-9-5-10-19(15-18)27-23-20(11-6-14-25-23)26-21(24(27)29)16-17-7-3-2-4-8-17/h2-15H,16H2,1H3. The van der Waals surface area contributed by atoms with Gasteiger partial charge in [-0.3, -0.25) is 9.36 Å². The number of carbonyl (C=O) groups is 1. The molecular formula is C24H19N3O3. The summed E-state index contributed by atoms with van der Waals surface area (Å²) in [6.07, 6.45) is 5.04. The van der Waals surface area contributed by atoms with E-state index in [0.29, 0.717) is 29.0 Å². The maximum absolute atomic E-state index is 13.4. The van der Waals surface area contributed by atoms with E-state index in [1.54, 1.807) is 22.9 Å². The average molecular weight is 397 g/mol. The molecule has 0 aliphatic heterocycles. The van der Waals surface area contributed by atoms with Crippen LogP contribution >= 0.6 is 0 Å². The Balaban J connectivity index is 1.86. The van der Waals surface area contributed by atoms with E-state index in [-0.39, 0.29) is 5.56 Å². The van der Waals surface area contributed by atoms with Crippen molar-refractivity contribution in [3.63, 3.8) is 0 Å². The van der Waals surface area contributed by atoms with Gasteiger partial charge in [0.2, 0.25) is 0 Å². The highest BCUT2D eigenvalue weighted by molar-refractivity contribution is 5.87. The van der Waals surface area contributed by atoms with Crippen molar-refractivity contribution in [1.29, 1.82) is 0 Å². The number of fused-ring (bicyclic) bond motifs is 1. The van der Waals surface area contributed by atoms with E-state index >= 15 is 0 Å². The predicted molar refractivity (Wildman–Crippen MR) is 115 cm³/mol. The summed E-state index contributed by atoms with van der Waals surface area (Å²) in [7, 11) is 1.33. The number of esters is 1. The van der Waals surface area contributed by atoms with Crippen LogP contribution in [0.2, 0.25) is 0 Å². The van der Waals surface area contributed by atoms with Gasteiger partial charge in [-0.05, 0) is 41.5 Å². The van der Waals surface area contributed by atoms with E-state index < -0.39 is 5.97 Å². The molecular weight excluding hydrogens is 378 g/mol. The molecule has 0 aliphatic carbocycles. The summed E-state index contributed by atoms with van der Waals surface area (Å²) in [5.74, 6) is -0.446. The molecule has 0 saturated heterocycles. The van der Waals surface area contributed by atoms with E-state index in [0.717, 1.165) is 11.1 Å². The monoisotopic (exact) mass is 397 g/mol. The van der Waals surface area contributed by atoms with E-state index in [2.05, 4.69) is 14.7 Å². The zero-order chi connectivity index (χ0) is 20.9. The molecule has 6 nitrogen and oxygen atoms in total. The first kappa shape index (κ1) is 19.3. The van der Waals surface area contributed by atoms with E-state index in [1.807, 2.05) is 60.7 Å². The van der Waals surface area contributed by atoms with Gasteiger partial charge in [0.25, 0.3) is 5.56 Å². The summed E-state index contributed by atoms with van der Waals surface area (Å²) >= 11 is 0. The molecule has 0 atom stereocenters. The third kappa shape index (κ3) is 4.03. The fraction of sp³-hybridized carbons (Fsp3) is 0.0833. The Morgan fingerprint density at radius 2 is 1.90 bits per heavy atom. The number of methoxy groups -OCH3 is 1. The molecule has 0 unspecified atom stereocenters. The number of carbonyl (C=O) groups excluding carboxylic acids is 1. The average Bonchev–Trinajstić information content (AvgIpc) is 2.79. The molecule has 4 rings (SSSR count). The minimum Gasteiger partial charge on any atom is -0.466 e. The van der Waals surface area contributed by atoms with Gasteiger partial charge in [-0.1, -0.05) is 42.5 Å². The van der Waals surface area contributed by atoms with E-state index in [1.165, 1.54) is 13.2 Å². The highest BCUT2D eigenvalue weighted by atomic mass is 16.5. The summed E-state index contributed by atoms with van der Waals surface area (Å²) in [6, 6.07) is 20.7. The Morgan fingerprint density at radius 3 is 2.70 bits per heavy atom. The lowest BCUT2D eigenvalue weighted by Gasteiger charge is -2.12. The maximum Gasteiger partial charge on any atom is 0.330 e. The lowest BCUT2D eigenvalue weighted by Crippen LogP contribution is -2.25. The minimum absolute atomic E-state index is 0.223. The van der Waals surface area contributed by atoms with Gasteiger partial charge < -0.3 is 4.74 Å². The Kier molecular flexibility index (Phi) is 5.48. The highest BCUT2D eigenvalue weighted by Gasteiger charge is 2.14. The molecule has 6 heteroatoms. The van der Waals surface area contributed by atoms with Crippen LogP contribution in [0, 0.1) is 0 Å². The van der Waals surface area contributed by atoms with Gasteiger partial charge >= 0.3 is 5.97 Å². The molecule has 0 saturated carbocycles. The molecule has 0 fully saturated rings. The first-order chi connectivity index (χ1) is 14.7. The second-order valence-corrected chi connectivity index (χ2v) is 6.66. The topological polar surface area (TPSA) is 74.1 Å². The molecule has 2 aromatic heterocycles. The minimum atomic E-state index is -0.446. The number of hydrogen-bond acceptors (Lipinski definition) is 5. The summed E-state index contributed by atoms with van der Waals surface area (Å²) in [4.78, 5) is 33.8. The lowest BCUT2D eigenvalue weighted by atomic mass is 10.1. The van der Waals surface area contributed by atoms with Gasteiger partial charge in [0.15, 0.2) is 5.65 Å². The lowest BCUT2D eigenvalue weighted by molar-refractivity contribution is -0.134. The van der Waals surface area contributed by atoms with Crippen LogP contribution in [0.3, 0.4) is 0 Å². The quantitative estimate of drug-likeness (QED) is 0.380. The smallest absolute Gasteiger partial charge is 0.330 e. The molecule has 0 spiro atoms. The van der Waals surface area contributed by atoms with Crippen molar-refractivity contribution in [1.82, 2.24) is 14.5 Å². The van der Waals surface area contributed by atoms with Crippen molar-refractivity contribution in [2.45, 2.75) is 6.42 Å². The molecule has 0 radical (unpaired) electrons. The number of pyridine rings is 1. The zero-order valence-electron chi connectivity index (χ0n) is 16.4. The SMILES string of the molecule is COC(=O)C=Cc1cccc(-n2c(=O)c(Cc3ccccc3)nc3cccnc32)c1. The highest BCUT2D eigenvalue weighted by Crippen LogP contribution is 2.17. The normalized spacial score (nSPS) is 11.1. The first-order valence-corrected chi connectivity index (χ1v) is 9.43. The van der Waals surface area contributed by atoms with Crippen molar-refractivity contribution >= 4 is 23.2 Å². The summed E-state index contributed by atoms with van der Waals surface area (Å²) in [6.45, 7) is 0. The van der Waals surface area contributed by atoms with Gasteiger partial charge in [-0.15, -0.1) is 0 Å². The van der Waals surface area contributed by atoms with E-state index in [4.69, 9.17) is 0 Å². The fourth-order valence-corrected chi connectivity index (χ4v) is 3.21. The van der Waals surface area contributed by atoms with Crippen LogP contribution in [0.5, 0.6) is 0 Å². The van der Waals surface area contributed by atoms with E-state index in [9.17, 15) is 9.59 Å². The van der Waals surface area contributed by atoms with Gasteiger partial charge in [0.05, 0.1) is 12.8 Å². The number of aromatic nitrogens is 3. The molecule has 30 heavy (non-hydrogen) atoms. The predicted octanol–water partition coefficient (Wildman–Crippen LogP) is 3.56. The molecule has 0 amide bonds. The first-order valence-electron chi connectivity index (χ1n) is 9.43. The van der Waals surface area contributed by atoms with Crippen molar-refractivity contribution in [2.24, 2.45) is 0 Å². The summed E-state index contributed by atoms with van der Waals surface area (Å²) < 4.78 is 6.20. The van der Waals surface area contributed by atoms with Crippen molar-refractivity contribution in [3.8, 4) is 5.69 Å². The molecule has 148 valence electrons. The number of rotatable bonds is 5. The van der Waals surface area contributed by atoms with Crippen molar-refractivity contribution in [3.05, 3.63) is 106 Å². The number of ether oxygens (including phenoxy) is 1. The molecule has 4 aromatic rings. The van der Waals surface area contributed by atoms with Crippen LogP contribution in [-0.2, 0) is 16.0 Å². The zero-order valence-corrected chi connectivity index (χ0v) is 16.4. The van der Waals surface area contributed by atoms with Gasteiger partial charge in [-0.25, -0.2) is 14.8 Å². The summed E-state index contributed by atoms with van der Waals surface area (Å²) in [5, 5.41) is 0. The molecule has 0 aliphatic rings. The van der Waals surface area contributed by atoms with Crippen LogP contribution in [-0.4, -0.2) is 27.6 Å². The third-order valence-corrected chi connectivity index (χ3v) is 4.64. The Morgan fingerprint density at radius 1 is 1.07 bits per heavy atom. The van der Waals surface area contributed by atoms with Crippen LogP contribution in [0.1, 0.15) is 16.8 Å². The second-order valence-electron chi connectivity index (χ2n) is 6.66. The largest absolute Gasteiger partial charge is 0.466 e. The van der Waals surface area contributed by atoms with Crippen LogP contribution < -0.4 is 5.56 Å². The maximum atomic E-state index is 13.4. The van der Waals surface area contributed by atoms with Crippen LogP contribution in [0.4, 0.5) is 0 Å². The Hall–Kier alpha value is -4.06. The Labute approximate surface area is 173 Å². The molecule has 0 bridgehead atoms. The number of nitrogens with zero attached hydrogens (tertiary/aromatic N) is 3. The molecule has 2 heterocycles. The second kappa shape index (κ2) is 8.53. The third-order valence-electron chi connectivity index (χ3n) is 4.64. The summed E-state index contributed by atoms with van der Waals surface area (Å²) in [5.41, 5.74) is 3.75. The van der Waals surface area contributed by atoms with Crippen LogP contribution in [0.25, 0.3) is 22.9 Å². The fourth-order valence-electron chi connectivity index (χ4n) is 3.21. The van der Waals surface area contributed by atoms with Crippen molar-refractivity contribution in [2.75, 3.05) is 7.11 Å². The van der Waals surface area contributed by atoms with Gasteiger partial charge in [0.1, 0.15) is 11.2 Å². The van der Waals surface area contributed by atoms with Gasteiger partial charge in [-0.2, -0.15) is 0 Å². The molecule has 2 aromatic carbocycles. The Bertz CT molecular complexity index is 1290. The van der Waals surface area contributed by atoms with Gasteiger partial charge in [0, 0.05) is 18.7 Å². The molecule has 0 N–H and O–H groups in total. The van der Waals surface area contributed by atoms with Crippen molar-refractivity contribution < 1.29 is 9.53 Å². The number of benzene rings is 2. The van der Waals surface area contributed by atoms with Crippen LogP contribution in [0.15, 0.2) is 83.8 Å². The number of hydrogen-bond donors (Lipinski definition) is 0.